The highest BCUT2D eigenvalue weighted by Crippen LogP contribution is 1.94. The monoisotopic (exact) mass is 163 g/mol. The second-order valence-electron chi connectivity index (χ2n) is 2.35. The Morgan fingerprint density at radius 1 is 1.60 bits per heavy atom. The van der Waals surface area contributed by atoms with Crippen molar-refractivity contribution in [2.45, 2.75) is 25.8 Å². The molecule has 3 heteroatoms. The molecule has 0 aromatic heterocycles. The summed E-state index contributed by atoms with van der Waals surface area (Å²) in [4.78, 5) is 0. The number of aliphatic hydroxyl groups excluding tert-OH is 1. The highest BCUT2D eigenvalue weighted by molar-refractivity contribution is 7.80. The molecule has 0 saturated carbocycles. The van der Waals surface area contributed by atoms with Gasteiger partial charge in [-0.2, -0.15) is 12.6 Å². The van der Waals surface area contributed by atoms with Gasteiger partial charge in [-0.25, -0.2) is 0 Å². The Bertz CT molecular complexity index is 70.6. The van der Waals surface area contributed by atoms with Gasteiger partial charge in [-0.3, -0.25) is 0 Å². The summed E-state index contributed by atoms with van der Waals surface area (Å²) in [5.74, 6) is 0.834. The third kappa shape index (κ3) is 5.09. The molecule has 0 heterocycles. The zero-order valence-corrected chi connectivity index (χ0v) is 7.40. The first kappa shape index (κ1) is 10.3. The van der Waals surface area contributed by atoms with Gasteiger partial charge < -0.3 is 10.4 Å². The van der Waals surface area contributed by atoms with Crippen LogP contribution in [0.5, 0.6) is 0 Å². The third-order valence-electron chi connectivity index (χ3n) is 1.40. The van der Waals surface area contributed by atoms with Gasteiger partial charge in [0.25, 0.3) is 0 Å². The molecule has 1 unspecified atom stereocenters. The minimum atomic E-state index is 0.238. The Hall–Kier alpha value is 0.270. The van der Waals surface area contributed by atoms with E-state index in [0.29, 0.717) is 0 Å². The van der Waals surface area contributed by atoms with Gasteiger partial charge in [-0.1, -0.05) is 13.3 Å². The van der Waals surface area contributed by atoms with Crippen molar-refractivity contribution >= 4 is 12.6 Å². The Kier molecular flexibility index (Phi) is 7.58. The molecule has 0 spiro atoms. The zero-order chi connectivity index (χ0) is 7.82. The predicted molar refractivity (Wildman–Crippen MR) is 47.6 cm³/mol. The van der Waals surface area contributed by atoms with Crippen LogP contribution >= 0.6 is 12.6 Å². The summed E-state index contributed by atoms with van der Waals surface area (Å²) in [5, 5.41) is 12.0. The summed E-state index contributed by atoms with van der Waals surface area (Å²) >= 11 is 4.06. The summed E-state index contributed by atoms with van der Waals surface area (Å²) in [6, 6.07) is 0.275. The molecule has 2 N–H and O–H groups in total. The van der Waals surface area contributed by atoms with Crippen LogP contribution in [0.3, 0.4) is 0 Å². The topological polar surface area (TPSA) is 32.3 Å². The number of hydrogen-bond acceptors (Lipinski definition) is 3. The first-order valence-corrected chi connectivity index (χ1v) is 4.43. The van der Waals surface area contributed by atoms with Crippen molar-refractivity contribution in [1.82, 2.24) is 5.32 Å². The average molecular weight is 163 g/mol. The fraction of sp³-hybridized carbons (Fsp3) is 1.00. The molecule has 0 aliphatic carbocycles. The van der Waals surface area contributed by atoms with Crippen LogP contribution in [0, 0.1) is 0 Å². The summed E-state index contributed by atoms with van der Waals surface area (Å²) in [7, 11) is 0. The van der Waals surface area contributed by atoms with Gasteiger partial charge in [-0.05, 0) is 6.42 Å². The molecule has 0 aromatic carbocycles. The molecule has 62 valence electrons. The smallest absolute Gasteiger partial charge is 0.0584 e. The summed E-state index contributed by atoms with van der Waals surface area (Å²) in [6.45, 7) is 3.24. The van der Waals surface area contributed by atoms with Gasteiger partial charge in [-0.15, -0.1) is 0 Å². The SMILES string of the molecule is CCCC(CO)NCCS. The van der Waals surface area contributed by atoms with E-state index in [0.717, 1.165) is 25.1 Å². The van der Waals surface area contributed by atoms with Crippen LogP contribution in [0.15, 0.2) is 0 Å². The van der Waals surface area contributed by atoms with E-state index >= 15 is 0 Å². The molecule has 0 rings (SSSR count). The molecular weight excluding hydrogens is 146 g/mol. The van der Waals surface area contributed by atoms with Crippen LogP contribution in [0.2, 0.25) is 0 Å². The van der Waals surface area contributed by atoms with Crippen LogP contribution in [0.4, 0.5) is 0 Å². The van der Waals surface area contributed by atoms with Crippen molar-refractivity contribution in [3.8, 4) is 0 Å². The molecule has 0 saturated heterocycles. The lowest BCUT2D eigenvalue weighted by Gasteiger charge is -2.13. The molecular formula is C7H17NOS. The molecule has 10 heavy (non-hydrogen) atoms. The van der Waals surface area contributed by atoms with E-state index < -0.39 is 0 Å². The van der Waals surface area contributed by atoms with Crippen molar-refractivity contribution in [2.24, 2.45) is 0 Å². The van der Waals surface area contributed by atoms with Gasteiger partial charge in [0.05, 0.1) is 6.61 Å². The van der Waals surface area contributed by atoms with Gasteiger partial charge in [0.1, 0.15) is 0 Å². The first-order valence-electron chi connectivity index (χ1n) is 3.80. The maximum absolute atomic E-state index is 8.80. The number of nitrogens with one attached hydrogen (secondary N) is 1. The van der Waals surface area contributed by atoms with Crippen molar-refractivity contribution in [3.05, 3.63) is 0 Å². The average Bonchev–Trinajstić information content (AvgIpc) is 1.98. The van der Waals surface area contributed by atoms with E-state index in [1.807, 2.05) is 0 Å². The van der Waals surface area contributed by atoms with E-state index in [4.69, 9.17) is 5.11 Å². The lowest BCUT2D eigenvalue weighted by molar-refractivity contribution is 0.237. The van der Waals surface area contributed by atoms with Gasteiger partial charge >= 0.3 is 0 Å². The molecule has 1 atom stereocenters. The molecule has 0 aliphatic heterocycles. The quantitative estimate of drug-likeness (QED) is 0.503. The molecule has 0 aliphatic rings. The largest absolute Gasteiger partial charge is 0.395 e. The second kappa shape index (κ2) is 7.38. The molecule has 0 fully saturated rings. The number of thiol groups is 1. The van der Waals surface area contributed by atoms with Crippen molar-refractivity contribution in [3.63, 3.8) is 0 Å². The lowest BCUT2D eigenvalue weighted by Crippen LogP contribution is -2.33. The highest BCUT2D eigenvalue weighted by Gasteiger charge is 2.02. The van der Waals surface area contributed by atoms with E-state index in [2.05, 4.69) is 24.9 Å². The number of hydrogen-bond donors (Lipinski definition) is 3. The Balaban J connectivity index is 3.21. The van der Waals surface area contributed by atoms with Crippen LogP contribution in [0.1, 0.15) is 19.8 Å². The minimum absolute atomic E-state index is 0.238. The molecule has 0 radical (unpaired) electrons. The second-order valence-corrected chi connectivity index (χ2v) is 2.79. The number of rotatable bonds is 6. The van der Waals surface area contributed by atoms with E-state index in [9.17, 15) is 0 Å². The van der Waals surface area contributed by atoms with E-state index in [1.165, 1.54) is 0 Å². The number of aliphatic hydroxyl groups is 1. The van der Waals surface area contributed by atoms with Crippen molar-refractivity contribution in [2.75, 3.05) is 18.9 Å². The predicted octanol–water partition coefficient (Wildman–Crippen LogP) is 0.667. The lowest BCUT2D eigenvalue weighted by atomic mass is 10.2. The maximum atomic E-state index is 8.80. The van der Waals surface area contributed by atoms with Gasteiger partial charge in [0.15, 0.2) is 0 Å². The zero-order valence-electron chi connectivity index (χ0n) is 6.51. The standard InChI is InChI=1S/C7H17NOS/c1-2-3-7(6-9)8-4-5-10/h7-10H,2-6H2,1H3. The minimum Gasteiger partial charge on any atom is -0.395 e. The summed E-state index contributed by atoms with van der Waals surface area (Å²) in [5.41, 5.74) is 0. The molecule has 0 bridgehead atoms. The summed E-state index contributed by atoms with van der Waals surface area (Å²) < 4.78 is 0. The normalized spacial score (nSPS) is 13.5. The van der Waals surface area contributed by atoms with Crippen LogP contribution in [-0.4, -0.2) is 30.1 Å². The van der Waals surface area contributed by atoms with Gasteiger partial charge in [0, 0.05) is 18.3 Å². The molecule has 2 nitrogen and oxygen atoms in total. The van der Waals surface area contributed by atoms with E-state index in [-0.39, 0.29) is 12.6 Å². The molecule has 0 amide bonds. The molecule has 0 aromatic rings. The Labute approximate surface area is 68.4 Å². The maximum Gasteiger partial charge on any atom is 0.0584 e. The first-order chi connectivity index (χ1) is 4.85. The fourth-order valence-corrected chi connectivity index (χ4v) is 1.00. The summed E-state index contributed by atoms with van der Waals surface area (Å²) in [6.07, 6.45) is 2.16. The van der Waals surface area contributed by atoms with Crippen molar-refractivity contribution in [1.29, 1.82) is 0 Å². The van der Waals surface area contributed by atoms with Crippen LogP contribution < -0.4 is 5.32 Å². The van der Waals surface area contributed by atoms with Gasteiger partial charge in [0.2, 0.25) is 0 Å². The fourth-order valence-electron chi connectivity index (χ4n) is 0.875. The van der Waals surface area contributed by atoms with Crippen LogP contribution in [-0.2, 0) is 0 Å². The highest BCUT2D eigenvalue weighted by atomic mass is 32.1. The van der Waals surface area contributed by atoms with Crippen molar-refractivity contribution < 1.29 is 5.11 Å². The van der Waals surface area contributed by atoms with Crippen LogP contribution in [0.25, 0.3) is 0 Å². The Morgan fingerprint density at radius 3 is 2.70 bits per heavy atom. The van der Waals surface area contributed by atoms with E-state index in [1.54, 1.807) is 0 Å². The Morgan fingerprint density at radius 2 is 2.30 bits per heavy atom. The third-order valence-corrected chi connectivity index (χ3v) is 1.63.